The van der Waals surface area contributed by atoms with Crippen LogP contribution in [0.3, 0.4) is 0 Å². The van der Waals surface area contributed by atoms with Crippen LogP contribution in [0.15, 0.2) is 132 Å². The molecule has 0 nitrogen and oxygen atoms in total. The van der Waals surface area contributed by atoms with Gasteiger partial charge in [0.2, 0.25) is 0 Å². The SMILES string of the molecule is Brc1cccc(-c2c3ccccc3c(-c3ccc4ccc5cccc6ccc3c4c56)c3ccccc23)c1. The molecular formula is C36H21Br. The minimum Gasteiger partial charge on any atom is -0.0616 e. The summed E-state index contributed by atoms with van der Waals surface area (Å²) in [6, 6.07) is 46.8. The molecule has 0 aliphatic carbocycles. The van der Waals surface area contributed by atoms with Crippen LogP contribution in [0.1, 0.15) is 0 Å². The van der Waals surface area contributed by atoms with Crippen molar-refractivity contribution in [2.24, 2.45) is 0 Å². The van der Waals surface area contributed by atoms with Gasteiger partial charge in [0.05, 0.1) is 0 Å². The Labute approximate surface area is 223 Å². The summed E-state index contributed by atoms with van der Waals surface area (Å²) < 4.78 is 1.09. The van der Waals surface area contributed by atoms with Crippen LogP contribution in [0, 0.1) is 0 Å². The minimum atomic E-state index is 1.09. The van der Waals surface area contributed by atoms with Gasteiger partial charge in [-0.2, -0.15) is 0 Å². The van der Waals surface area contributed by atoms with Gasteiger partial charge < -0.3 is 0 Å². The van der Waals surface area contributed by atoms with Gasteiger partial charge in [-0.3, -0.25) is 0 Å². The third-order valence-corrected chi connectivity index (χ3v) is 8.34. The van der Waals surface area contributed by atoms with Crippen molar-refractivity contribution < 1.29 is 0 Å². The summed E-state index contributed by atoms with van der Waals surface area (Å²) in [4.78, 5) is 0. The lowest BCUT2D eigenvalue weighted by molar-refractivity contribution is 1.63. The second kappa shape index (κ2) is 7.90. The molecule has 0 unspecified atom stereocenters. The van der Waals surface area contributed by atoms with Crippen LogP contribution < -0.4 is 0 Å². The molecule has 0 radical (unpaired) electrons. The highest BCUT2D eigenvalue weighted by atomic mass is 79.9. The van der Waals surface area contributed by atoms with Gasteiger partial charge in [0.1, 0.15) is 0 Å². The van der Waals surface area contributed by atoms with E-state index >= 15 is 0 Å². The van der Waals surface area contributed by atoms with Crippen molar-refractivity contribution in [1.82, 2.24) is 0 Å². The van der Waals surface area contributed by atoms with E-state index in [1.807, 2.05) is 0 Å². The Morgan fingerprint density at radius 2 is 0.919 bits per heavy atom. The van der Waals surface area contributed by atoms with E-state index in [-0.39, 0.29) is 0 Å². The van der Waals surface area contributed by atoms with Crippen molar-refractivity contribution in [2.45, 2.75) is 0 Å². The summed E-state index contributed by atoms with van der Waals surface area (Å²) in [6.45, 7) is 0. The molecule has 0 fully saturated rings. The average Bonchev–Trinajstić information content (AvgIpc) is 2.95. The number of rotatable bonds is 2. The van der Waals surface area contributed by atoms with E-state index in [1.54, 1.807) is 0 Å². The first-order chi connectivity index (χ1) is 18.3. The fraction of sp³-hybridized carbons (Fsp3) is 0. The van der Waals surface area contributed by atoms with Gasteiger partial charge in [0.25, 0.3) is 0 Å². The maximum absolute atomic E-state index is 3.70. The summed E-state index contributed by atoms with van der Waals surface area (Å²) in [5.74, 6) is 0. The Hall–Kier alpha value is -4.20. The fourth-order valence-electron chi connectivity index (χ4n) is 6.33. The van der Waals surface area contributed by atoms with Gasteiger partial charge in [-0.15, -0.1) is 0 Å². The Balaban J connectivity index is 1.58. The van der Waals surface area contributed by atoms with E-state index < -0.39 is 0 Å². The van der Waals surface area contributed by atoms with E-state index in [2.05, 4.69) is 143 Å². The number of halogens is 1. The molecule has 1 heteroatoms. The van der Waals surface area contributed by atoms with E-state index in [4.69, 9.17) is 0 Å². The summed E-state index contributed by atoms with van der Waals surface area (Å²) >= 11 is 3.70. The van der Waals surface area contributed by atoms with Crippen LogP contribution in [-0.4, -0.2) is 0 Å². The molecule has 172 valence electrons. The maximum Gasteiger partial charge on any atom is 0.0181 e. The van der Waals surface area contributed by atoms with E-state index in [0.717, 1.165) is 4.47 Å². The van der Waals surface area contributed by atoms with Crippen molar-refractivity contribution in [1.29, 1.82) is 0 Å². The number of benzene rings is 8. The largest absolute Gasteiger partial charge is 0.0616 e. The van der Waals surface area contributed by atoms with Gasteiger partial charge >= 0.3 is 0 Å². The number of hydrogen-bond donors (Lipinski definition) is 0. The van der Waals surface area contributed by atoms with Crippen molar-refractivity contribution in [2.75, 3.05) is 0 Å². The third-order valence-electron chi connectivity index (χ3n) is 7.84. The Bertz CT molecular complexity index is 2080. The summed E-state index contributed by atoms with van der Waals surface area (Å²) in [6.07, 6.45) is 0. The second-order valence-electron chi connectivity index (χ2n) is 9.82. The molecule has 0 heterocycles. The smallest absolute Gasteiger partial charge is 0.0181 e. The molecular weight excluding hydrogens is 512 g/mol. The lowest BCUT2D eigenvalue weighted by Gasteiger charge is -2.20. The molecule has 8 aromatic rings. The molecule has 0 aliphatic rings. The third kappa shape index (κ3) is 3.01. The monoisotopic (exact) mass is 532 g/mol. The van der Waals surface area contributed by atoms with Crippen LogP contribution in [0.4, 0.5) is 0 Å². The maximum atomic E-state index is 3.70. The summed E-state index contributed by atoms with van der Waals surface area (Å²) in [7, 11) is 0. The zero-order chi connectivity index (χ0) is 24.5. The van der Waals surface area contributed by atoms with Crippen LogP contribution in [0.25, 0.3) is 76.1 Å². The molecule has 0 saturated heterocycles. The van der Waals surface area contributed by atoms with E-state index in [1.165, 1.54) is 76.1 Å². The van der Waals surface area contributed by atoms with Gasteiger partial charge in [-0.05, 0) is 88.2 Å². The van der Waals surface area contributed by atoms with Gasteiger partial charge in [0.15, 0.2) is 0 Å². The first-order valence-electron chi connectivity index (χ1n) is 12.6. The Morgan fingerprint density at radius 3 is 1.57 bits per heavy atom. The molecule has 0 aromatic heterocycles. The molecule has 0 amide bonds. The van der Waals surface area contributed by atoms with Gasteiger partial charge in [-0.1, -0.05) is 131 Å². The lowest BCUT2D eigenvalue weighted by atomic mass is 9.83. The molecule has 0 N–H and O–H groups in total. The molecule has 0 bridgehead atoms. The Morgan fingerprint density at radius 1 is 0.378 bits per heavy atom. The summed E-state index contributed by atoms with van der Waals surface area (Å²) in [5.41, 5.74) is 5.11. The standard InChI is InChI=1S/C36H21Br/c37-26-10-6-9-25(21-26)34-27-11-1-3-13-29(27)36(30-14-4-2-12-28(30)34)32-20-18-24-16-15-22-7-5-8-23-17-19-31(32)35(24)33(22)23/h1-21H. The van der Waals surface area contributed by atoms with Crippen molar-refractivity contribution in [3.8, 4) is 22.3 Å². The molecule has 0 atom stereocenters. The molecule has 8 rings (SSSR count). The topological polar surface area (TPSA) is 0 Å². The van der Waals surface area contributed by atoms with Gasteiger partial charge in [0, 0.05) is 4.47 Å². The number of hydrogen-bond acceptors (Lipinski definition) is 0. The normalized spacial score (nSPS) is 11.9. The minimum absolute atomic E-state index is 1.09. The second-order valence-corrected chi connectivity index (χ2v) is 10.7. The first kappa shape index (κ1) is 20.9. The van der Waals surface area contributed by atoms with E-state index in [9.17, 15) is 0 Å². The molecule has 0 spiro atoms. The van der Waals surface area contributed by atoms with Crippen molar-refractivity contribution >= 4 is 69.8 Å². The van der Waals surface area contributed by atoms with Gasteiger partial charge in [-0.25, -0.2) is 0 Å². The zero-order valence-electron chi connectivity index (χ0n) is 20.0. The predicted molar refractivity (Wildman–Crippen MR) is 164 cm³/mol. The molecule has 37 heavy (non-hydrogen) atoms. The van der Waals surface area contributed by atoms with Crippen molar-refractivity contribution in [3.63, 3.8) is 0 Å². The molecule has 8 aromatic carbocycles. The highest BCUT2D eigenvalue weighted by Crippen LogP contribution is 2.47. The Kier molecular flexibility index (Phi) is 4.47. The molecule has 0 aliphatic heterocycles. The van der Waals surface area contributed by atoms with E-state index in [0.29, 0.717) is 0 Å². The van der Waals surface area contributed by atoms with Crippen LogP contribution in [0.2, 0.25) is 0 Å². The fourth-order valence-corrected chi connectivity index (χ4v) is 6.73. The van der Waals surface area contributed by atoms with Crippen LogP contribution >= 0.6 is 15.9 Å². The van der Waals surface area contributed by atoms with Crippen LogP contribution in [0.5, 0.6) is 0 Å². The average molecular weight is 533 g/mol. The zero-order valence-corrected chi connectivity index (χ0v) is 21.6. The molecule has 0 saturated carbocycles. The lowest BCUT2D eigenvalue weighted by Crippen LogP contribution is -1.92. The summed E-state index contributed by atoms with van der Waals surface area (Å²) in [5, 5.41) is 13.0. The highest BCUT2D eigenvalue weighted by molar-refractivity contribution is 9.10. The highest BCUT2D eigenvalue weighted by Gasteiger charge is 2.19. The predicted octanol–water partition coefficient (Wildman–Crippen LogP) is 11.0. The van der Waals surface area contributed by atoms with Crippen molar-refractivity contribution in [3.05, 3.63) is 132 Å². The van der Waals surface area contributed by atoms with Crippen LogP contribution in [-0.2, 0) is 0 Å². The number of fused-ring (bicyclic) bond motifs is 2. The first-order valence-corrected chi connectivity index (χ1v) is 13.4. The quantitative estimate of drug-likeness (QED) is 0.153.